The van der Waals surface area contributed by atoms with Crippen LogP contribution >= 0.6 is 35.0 Å². The van der Waals surface area contributed by atoms with Crippen LogP contribution in [0.2, 0.25) is 0 Å². The van der Waals surface area contributed by atoms with Gasteiger partial charge in [0.05, 0.1) is 5.54 Å². The molecule has 0 aliphatic heterocycles. The number of aryl methyl sites for hydroxylation is 1. The fourth-order valence-corrected chi connectivity index (χ4v) is 2.57. The molecular weight excluding hydrogens is 377 g/mol. The molecule has 1 aromatic heterocycles. The van der Waals surface area contributed by atoms with E-state index in [1.165, 1.54) is 9.13 Å². The van der Waals surface area contributed by atoms with Crippen molar-refractivity contribution in [2.24, 2.45) is 5.73 Å². The van der Waals surface area contributed by atoms with Crippen molar-refractivity contribution in [3.63, 3.8) is 0 Å². The summed E-state index contributed by atoms with van der Waals surface area (Å²) in [6.07, 6.45) is 3.03. The second kappa shape index (κ2) is 5.38. The molecule has 0 spiro atoms. The summed E-state index contributed by atoms with van der Waals surface area (Å²) in [5.41, 5.74) is 8.02. The largest absolute Gasteiger partial charge is 0.334 e. The van der Waals surface area contributed by atoms with Gasteiger partial charge in [-0.3, -0.25) is 0 Å². The molecule has 1 aliphatic rings. The normalized spacial score (nSPS) is 16.6. The Morgan fingerprint density at radius 2 is 2.11 bits per heavy atom. The van der Waals surface area contributed by atoms with Gasteiger partial charge in [-0.2, -0.15) is 4.98 Å². The predicted molar refractivity (Wildman–Crippen MR) is 84.2 cm³/mol. The van der Waals surface area contributed by atoms with Gasteiger partial charge in [-0.1, -0.05) is 11.2 Å². The van der Waals surface area contributed by atoms with E-state index < -0.39 is 0 Å². The average molecular weight is 392 g/mol. The lowest BCUT2D eigenvalue weighted by Gasteiger charge is -2.34. The second-order valence-corrected chi connectivity index (χ2v) is 6.06. The lowest BCUT2D eigenvalue weighted by atomic mass is 9.77. The molecule has 1 fully saturated rings. The number of rotatable bonds is 2. The zero-order valence-corrected chi connectivity index (χ0v) is 13.5. The van der Waals surface area contributed by atoms with Gasteiger partial charge in [-0.25, -0.2) is 0 Å². The third kappa shape index (κ3) is 2.64. The van der Waals surface area contributed by atoms with E-state index in [4.69, 9.17) is 10.3 Å². The number of aromatic nitrogens is 2. The maximum atomic E-state index is 6.18. The molecule has 0 atom stereocenters. The third-order valence-corrected chi connectivity index (χ3v) is 4.70. The van der Waals surface area contributed by atoms with Crippen molar-refractivity contribution in [1.29, 1.82) is 0 Å². The fourth-order valence-electron chi connectivity index (χ4n) is 2.05. The molecular formula is C13H15ClIN3O. The van der Waals surface area contributed by atoms with Gasteiger partial charge in [0.15, 0.2) is 5.82 Å². The van der Waals surface area contributed by atoms with Crippen LogP contribution in [0.4, 0.5) is 0 Å². The topological polar surface area (TPSA) is 64.9 Å². The lowest BCUT2D eigenvalue weighted by molar-refractivity contribution is 0.229. The quantitative estimate of drug-likeness (QED) is 0.797. The Bertz CT molecular complexity index is 595. The van der Waals surface area contributed by atoms with Crippen LogP contribution < -0.4 is 5.73 Å². The van der Waals surface area contributed by atoms with Crippen molar-refractivity contribution in [2.75, 3.05) is 0 Å². The van der Waals surface area contributed by atoms with Crippen LogP contribution in [0, 0.1) is 10.5 Å². The van der Waals surface area contributed by atoms with E-state index >= 15 is 0 Å². The Hall–Kier alpha value is -0.660. The highest BCUT2D eigenvalue weighted by Gasteiger charge is 2.39. The minimum atomic E-state index is -0.362. The minimum Gasteiger partial charge on any atom is -0.334 e. The van der Waals surface area contributed by atoms with Crippen molar-refractivity contribution in [3.8, 4) is 11.5 Å². The molecule has 19 heavy (non-hydrogen) atoms. The summed E-state index contributed by atoms with van der Waals surface area (Å²) in [6, 6.07) is 6.11. The highest BCUT2D eigenvalue weighted by atomic mass is 127. The van der Waals surface area contributed by atoms with Crippen LogP contribution in [0.3, 0.4) is 0 Å². The van der Waals surface area contributed by atoms with Crippen LogP contribution in [0.25, 0.3) is 11.5 Å². The van der Waals surface area contributed by atoms with Crippen molar-refractivity contribution < 1.29 is 4.52 Å². The summed E-state index contributed by atoms with van der Waals surface area (Å²) in [6.45, 7) is 2.08. The summed E-state index contributed by atoms with van der Waals surface area (Å²) in [5.74, 6) is 1.19. The molecule has 6 heteroatoms. The number of benzene rings is 1. The zero-order valence-electron chi connectivity index (χ0n) is 10.5. The maximum absolute atomic E-state index is 6.18. The first kappa shape index (κ1) is 14.7. The van der Waals surface area contributed by atoms with Crippen LogP contribution in [-0.2, 0) is 5.54 Å². The van der Waals surface area contributed by atoms with Gasteiger partial charge in [0.1, 0.15) is 0 Å². The van der Waals surface area contributed by atoms with Gasteiger partial charge < -0.3 is 10.3 Å². The van der Waals surface area contributed by atoms with Crippen LogP contribution in [-0.4, -0.2) is 10.1 Å². The maximum Gasteiger partial charge on any atom is 0.258 e. The van der Waals surface area contributed by atoms with Gasteiger partial charge in [-0.15, -0.1) is 12.4 Å². The lowest BCUT2D eigenvalue weighted by Crippen LogP contribution is -2.44. The Morgan fingerprint density at radius 1 is 1.37 bits per heavy atom. The van der Waals surface area contributed by atoms with Crippen molar-refractivity contribution in [1.82, 2.24) is 10.1 Å². The molecule has 1 heterocycles. The monoisotopic (exact) mass is 391 g/mol. The van der Waals surface area contributed by atoms with E-state index in [1.807, 2.05) is 6.07 Å². The molecule has 0 saturated heterocycles. The molecule has 0 unspecified atom stereocenters. The zero-order chi connectivity index (χ0) is 12.8. The van der Waals surface area contributed by atoms with E-state index in [0.29, 0.717) is 11.7 Å². The Morgan fingerprint density at radius 3 is 2.68 bits per heavy atom. The van der Waals surface area contributed by atoms with Crippen molar-refractivity contribution in [2.45, 2.75) is 31.7 Å². The molecule has 1 aromatic carbocycles. The Kier molecular flexibility index (Phi) is 4.17. The average Bonchev–Trinajstić information content (AvgIpc) is 2.79. The van der Waals surface area contributed by atoms with Gasteiger partial charge in [0.25, 0.3) is 5.89 Å². The second-order valence-electron chi connectivity index (χ2n) is 4.90. The Labute approximate surface area is 131 Å². The van der Waals surface area contributed by atoms with Crippen LogP contribution in [0.1, 0.15) is 30.7 Å². The predicted octanol–water partition coefficient (Wildman–Crippen LogP) is 3.41. The van der Waals surface area contributed by atoms with Gasteiger partial charge in [0, 0.05) is 9.13 Å². The standard InChI is InChI=1S/C13H14IN3O.ClH/c1-8-3-4-9(7-10(8)14)11-16-12(17-18-11)13(15)5-2-6-13;/h3-4,7H,2,5-6,15H2,1H3;1H. The highest BCUT2D eigenvalue weighted by molar-refractivity contribution is 14.1. The molecule has 102 valence electrons. The summed E-state index contributed by atoms with van der Waals surface area (Å²) >= 11 is 2.30. The summed E-state index contributed by atoms with van der Waals surface area (Å²) in [5, 5.41) is 4.02. The van der Waals surface area contributed by atoms with Gasteiger partial charge in [-0.05, 0) is 66.5 Å². The minimum absolute atomic E-state index is 0. The SMILES string of the molecule is Cc1ccc(-c2nc(C3(N)CCC3)no2)cc1I.Cl. The van der Waals surface area contributed by atoms with E-state index in [2.05, 4.69) is 51.8 Å². The molecule has 1 saturated carbocycles. The fraction of sp³-hybridized carbons (Fsp3) is 0.385. The van der Waals surface area contributed by atoms with Crippen molar-refractivity contribution >= 4 is 35.0 Å². The van der Waals surface area contributed by atoms with E-state index in [-0.39, 0.29) is 17.9 Å². The Balaban J connectivity index is 0.00000133. The third-order valence-electron chi connectivity index (χ3n) is 3.54. The highest BCUT2D eigenvalue weighted by Crippen LogP contribution is 2.37. The number of halogens is 2. The number of hydrogen-bond donors (Lipinski definition) is 1. The molecule has 2 N–H and O–H groups in total. The molecule has 0 bridgehead atoms. The summed E-state index contributed by atoms with van der Waals surface area (Å²) in [4.78, 5) is 4.44. The molecule has 2 aromatic rings. The van der Waals surface area contributed by atoms with Crippen LogP contribution in [0.15, 0.2) is 22.7 Å². The number of nitrogens with zero attached hydrogens (tertiary/aromatic N) is 2. The number of hydrogen-bond acceptors (Lipinski definition) is 4. The first-order valence-electron chi connectivity index (χ1n) is 5.98. The summed E-state index contributed by atoms with van der Waals surface area (Å²) < 4.78 is 6.51. The van der Waals surface area contributed by atoms with E-state index in [0.717, 1.165) is 24.8 Å². The first-order chi connectivity index (χ1) is 8.58. The van der Waals surface area contributed by atoms with Gasteiger partial charge in [0.2, 0.25) is 0 Å². The van der Waals surface area contributed by atoms with E-state index in [9.17, 15) is 0 Å². The smallest absolute Gasteiger partial charge is 0.258 e. The van der Waals surface area contributed by atoms with Crippen LogP contribution in [0.5, 0.6) is 0 Å². The molecule has 0 radical (unpaired) electrons. The molecule has 4 nitrogen and oxygen atoms in total. The van der Waals surface area contributed by atoms with E-state index in [1.54, 1.807) is 0 Å². The molecule has 3 rings (SSSR count). The van der Waals surface area contributed by atoms with Gasteiger partial charge >= 0.3 is 0 Å². The molecule has 0 amide bonds. The van der Waals surface area contributed by atoms with Crippen molar-refractivity contribution in [3.05, 3.63) is 33.2 Å². The summed E-state index contributed by atoms with van der Waals surface area (Å²) in [7, 11) is 0. The first-order valence-corrected chi connectivity index (χ1v) is 7.06. The number of nitrogens with two attached hydrogens (primary N) is 1. The molecule has 1 aliphatic carbocycles.